The van der Waals surface area contributed by atoms with E-state index in [9.17, 15) is 0 Å². The molecule has 1 unspecified atom stereocenters. The van der Waals surface area contributed by atoms with Crippen LogP contribution in [0.4, 0.5) is 0 Å². The second-order valence-electron chi connectivity index (χ2n) is 4.76. The molecular weight excluding hydrogens is 170 g/mol. The molecule has 0 saturated carbocycles. The molecule has 0 aliphatic heterocycles. The lowest BCUT2D eigenvalue weighted by atomic mass is 9.68. The van der Waals surface area contributed by atoms with E-state index in [1.807, 2.05) is 6.07 Å². The summed E-state index contributed by atoms with van der Waals surface area (Å²) >= 11 is 0. The van der Waals surface area contributed by atoms with Gasteiger partial charge in [0.1, 0.15) is 0 Å². The van der Waals surface area contributed by atoms with Crippen molar-refractivity contribution in [1.82, 2.24) is 0 Å². The topological polar surface area (TPSA) is 26.0 Å². The Labute approximate surface area is 87.3 Å². The quantitative estimate of drug-likeness (QED) is 0.780. The number of rotatable bonds is 3. The van der Waals surface area contributed by atoms with Crippen molar-refractivity contribution >= 4 is 0 Å². The number of hydrogen-bond acceptors (Lipinski definition) is 1. The highest BCUT2D eigenvalue weighted by molar-refractivity contribution is 5.28. The molecule has 1 heteroatoms. The molecule has 78 valence electrons. The van der Waals surface area contributed by atoms with Gasteiger partial charge < -0.3 is 5.73 Å². The summed E-state index contributed by atoms with van der Waals surface area (Å²) in [6.45, 7) is 8.70. The molecule has 1 aromatic carbocycles. The standard InChI is InChI=1S/C13H21N/c1-5-13(4,14)12(2,3)11-9-7-6-8-10-11/h6-10H,5,14H2,1-4H3. The van der Waals surface area contributed by atoms with Gasteiger partial charge >= 0.3 is 0 Å². The molecule has 1 atom stereocenters. The lowest BCUT2D eigenvalue weighted by Crippen LogP contribution is -2.52. The Balaban J connectivity index is 3.08. The van der Waals surface area contributed by atoms with E-state index in [0.717, 1.165) is 6.42 Å². The Kier molecular flexibility index (Phi) is 3.01. The second kappa shape index (κ2) is 3.74. The van der Waals surface area contributed by atoms with E-state index in [2.05, 4.69) is 52.0 Å². The Morgan fingerprint density at radius 1 is 1.07 bits per heavy atom. The zero-order chi connectivity index (χ0) is 10.8. The minimum absolute atomic E-state index is 0.0169. The summed E-state index contributed by atoms with van der Waals surface area (Å²) in [6, 6.07) is 10.5. The summed E-state index contributed by atoms with van der Waals surface area (Å²) in [5.74, 6) is 0. The fraction of sp³-hybridized carbons (Fsp3) is 0.538. The predicted molar refractivity (Wildman–Crippen MR) is 62.4 cm³/mol. The van der Waals surface area contributed by atoms with Crippen LogP contribution in [-0.4, -0.2) is 5.54 Å². The van der Waals surface area contributed by atoms with Gasteiger partial charge in [0.25, 0.3) is 0 Å². The molecule has 0 saturated heterocycles. The van der Waals surface area contributed by atoms with Crippen LogP contribution in [0.15, 0.2) is 30.3 Å². The molecule has 0 bridgehead atoms. The molecule has 0 heterocycles. The summed E-state index contributed by atoms with van der Waals surface area (Å²) in [4.78, 5) is 0. The predicted octanol–water partition coefficient (Wildman–Crippen LogP) is 3.09. The maximum atomic E-state index is 6.33. The van der Waals surface area contributed by atoms with Crippen LogP contribution in [0.2, 0.25) is 0 Å². The second-order valence-corrected chi connectivity index (χ2v) is 4.76. The largest absolute Gasteiger partial charge is 0.325 e. The average molecular weight is 191 g/mol. The first-order valence-electron chi connectivity index (χ1n) is 5.26. The summed E-state index contributed by atoms with van der Waals surface area (Å²) in [6.07, 6.45) is 0.981. The van der Waals surface area contributed by atoms with E-state index < -0.39 is 0 Å². The number of benzene rings is 1. The van der Waals surface area contributed by atoms with E-state index in [1.165, 1.54) is 5.56 Å². The monoisotopic (exact) mass is 191 g/mol. The van der Waals surface area contributed by atoms with Crippen LogP contribution in [0.3, 0.4) is 0 Å². The van der Waals surface area contributed by atoms with Crippen molar-refractivity contribution in [3.8, 4) is 0 Å². The first kappa shape index (κ1) is 11.3. The molecule has 1 nitrogen and oxygen atoms in total. The SMILES string of the molecule is CCC(C)(N)C(C)(C)c1ccccc1. The molecule has 1 rings (SSSR count). The van der Waals surface area contributed by atoms with Crippen LogP contribution in [-0.2, 0) is 5.41 Å². The minimum atomic E-state index is -0.158. The summed E-state index contributed by atoms with van der Waals surface area (Å²) < 4.78 is 0. The Morgan fingerprint density at radius 2 is 1.57 bits per heavy atom. The van der Waals surface area contributed by atoms with E-state index in [0.29, 0.717) is 0 Å². The first-order chi connectivity index (χ1) is 6.42. The molecule has 0 amide bonds. The van der Waals surface area contributed by atoms with Gasteiger partial charge in [-0.2, -0.15) is 0 Å². The fourth-order valence-corrected chi connectivity index (χ4v) is 1.63. The number of nitrogens with two attached hydrogens (primary N) is 1. The van der Waals surface area contributed by atoms with E-state index >= 15 is 0 Å². The van der Waals surface area contributed by atoms with Crippen molar-refractivity contribution in [2.75, 3.05) is 0 Å². The van der Waals surface area contributed by atoms with E-state index in [1.54, 1.807) is 0 Å². The van der Waals surface area contributed by atoms with Gasteiger partial charge in [-0.1, -0.05) is 51.1 Å². The van der Waals surface area contributed by atoms with Crippen molar-refractivity contribution < 1.29 is 0 Å². The molecule has 0 fully saturated rings. The Bertz CT molecular complexity index is 285. The van der Waals surface area contributed by atoms with Gasteiger partial charge in [0, 0.05) is 11.0 Å². The third kappa shape index (κ3) is 1.83. The molecule has 0 aliphatic carbocycles. The summed E-state index contributed by atoms with van der Waals surface area (Å²) in [5.41, 5.74) is 7.50. The fourth-order valence-electron chi connectivity index (χ4n) is 1.63. The highest BCUT2D eigenvalue weighted by Gasteiger charge is 2.37. The lowest BCUT2D eigenvalue weighted by molar-refractivity contribution is 0.271. The zero-order valence-corrected chi connectivity index (χ0v) is 9.67. The molecule has 0 aliphatic rings. The Hall–Kier alpha value is -0.820. The molecule has 1 aromatic rings. The van der Waals surface area contributed by atoms with E-state index in [4.69, 9.17) is 5.73 Å². The van der Waals surface area contributed by atoms with Crippen LogP contribution in [0.5, 0.6) is 0 Å². The highest BCUT2D eigenvalue weighted by Crippen LogP contribution is 2.34. The summed E-state index contributed by atoms with van der Waals surface area (Å²) in [5, 5.41) is 0. The lowest BCUT2D eigenvalue weighted by Gasteiger charge is -2.41. The number of hydrogen-bond donors (Lipinski definition) is 1. The normalized spacial score (nSPS) is 16.4. The molecule has 0 aromatic heterocycles. The third-order valence-corrected chi connectivity index (χ3v) is 3.66. The Morgan fingerprint density at radius 3 is 2.00 bits per heavy atom. The van der Waals surface area contributed by atoms with Gasteiger partial charge in [-0.3, -0.25) is 0 Å². The van der Waals surface area contributed by atoms with Crippen molar-refractivity contribution in [2.24, 2.45) is 5.73 Å². The van der Waals surface area contributed by atoms with Crippen molar-refractivity contribution in [3.05, 3.63) is 35.9 Å². The van der Waals surface area contributed by atoms with Gasteiger partial charge in [-0.05, 0) is 18.9 Å². The van der Waals surface area contributed by atoms with Crippen molar-refractivity contribution in [1.29, 1.82) is 0 Å². The van der Waals surface area contributed by atoms with Gasteiger partial charge in [-0.15, -0.1) is 0 Å². The molecule has 0 spiro atoms. The van der Waals surface area contributed by atoms with Crippen molar-refractivity contribution in [3.63, 3.8) is 0 Å². The third-order valence-electron chi connectivity index (χ3n) is 3.66. The molecule has 14 heavy (non-hydrogen) atoms. The van der Waals surface area contributed by atoms with Crippen LogP contribution in [0, 0.1) is 0 Å². The van der Waals surface area contributed by atoms with Gasteiger partial charge in [-0.25, -0.2) is 0 Å². The van der Waals surface area contributed by atoms with Crippen molar-refractivity contribution in [2.45, 2.75) is 45.1 Å². The van der Waals surface area contributed by atoms with E-state index in [-0.39, 0.29) is 11.0 Å². The van der Waals surface area contributed by atoms with Crippen LogP contribution in [0.25, 0.3) is 0 Å². The highest BCUT2D eigenvalue weighted by atomic mass is 14.8. The summed E-state index contributed by atoms with van der Waals surface area (Å²) in [7, 11) is 0. The average Bonchev–Trinajstić information content (AvgIpc) is 2.19. The minimum Gasteiger partial charge on any atom is -0.325 e. The molecule has 2 N–H and O–H groups in total. The maximum absolute atomic E-state index is 6.33. The van der Waals surface area contributed by atoms with Crippen LogP contribution >= 0.6 is 0 Å². The maximum Gasteiger partial charge on any atom is 0.0215 e. The smallest absolute Gasteiger partial charge is 0.0215 e. The van der Waals surface area contributed by atoms with Gasteiger partial charge in [0.05, 0.1) is 0 Å². The first-order valence-corrected chi connectivity index (χ1v) is 5.26. The zero-order valence-electron chi connectivity index (χ0n) is 9.67. The van der Waals surface area contributed by atoms with Crippen LogP contribution < -0.4 is 5.73 Å². The van der Waals surface area contributed by atoms with Gasteiger partial charge in [0.2, 0.25) is 0 Å². The van der Waals surface area contributed by atoms with Crippen LogP contribution in [0.1, 0.15) is 39.7 Å². The molecular formula is C13H21N. The van der Waals surface area contributed by atoms with Gasteiger partial charge in [0.15, 0.2) is 0 Å². The molecule has 0 radical (unpaired) electrons.